The smallest absolute Gasteiger partial charge is 0.410 e. The zero-order chi connectivity index (χ0) is 24.8. The molecule has 0 radical (unpaired) electrons. The Labute approximate surface area is 208 Å². The zero-order valence-corrected chi connectivity index (χ0v) is 20.6. The molecule has 3 N–H and O–H groups in total. The second-order valence-electron chi connectivity index (χ2n) is 8.70. The lowest BCUT2D eigenvalue weighted by Gasteiger charge is -2.33. The van der Waals surface area contributed by atoms with Gasteiger partial charge in [-0.1, -0.05) is 13.0 Å². The lowest BCUT2D eigenvalue weighted by Crippen LogP contribution is -2.34. The molecule has 0 spiro atoms. The maximum Gasteiger partial charge on any atom is 0.410 e. The van der Waals surface area contributed by atoms with Crippen LogP contribution in [0.15, 0.2) is 41.9 Å². The number of hydrogen-bond acceptors (Lipinski definition) is 7. The molecular formula is C25H29N5O4S. The van der Waals surface area contributed by atoms with Gasteiger partial charge in [0.2, 0.25) is 5.88 Å². The van der Waals surface area contributed by atoms with E-state index >= 15 is 0 Å². The standard InChI is InChI=1S/C25H29N5O4S/c1-16-7-10-30(11-8-16)21-13-17(2)3-5-20(21)23(31)27-18-4-6-22(26-14-18)34-12-9-19-15-35-24(28-19)29-25(32)33/h3-6,13-16H,7-12H2,1-2H3,(H,27,31)(H,28,29)(H,32,33). The Hall–Kier alpha value is -3.66. The van der Waals surface area contributed by atoms with Crippen LogP contribution in [-0.2, 0) is 6.42 Å². The maximum atomic E-state index is 13.1. The molecule has 4 rings (SSSR count). The number of rotatable bonds is 8. The number of hydrogen-bond donors (Lipinski definition) is 3. The quantitative estimate of drug-likeness (QED) is 0.400. The van der Waals surface area contributed by atoms with E-state index in [1.54, 1.807) is 23.7 Å². The van der Waals surface area contributed by atoms with Crippen LogP contribution in [0.2, 0.25) is 0 Å². The van der Waals surface area contributed by atoms with Crippen molar-refractivity contribution in [1.29, 1.82) is 0 Å². The van der Waals surface area contributed by atoms with E-state index in [0.717, 1.165) is 42.9 Å². The fraction of sp³-hybridized carbons (Fsp3) is 0.360. The van der Waals surface area contributed by atoms with Crippen molar-refractivity contribution in [3.05, 3.63) is 58.7 Å². The van der Waals surface area contributed by atoms with Gasteiger partial charge < -0.3 is 20.1 Å². The van der Waals surface area contributed by atoms with E-state index in [9.17, 15) is 9.59 Å². The molecule has 0 atom stereocenters. The van der Waals surface area contributed by atoms with Gasteiger partial charge in [0, 0.05) is 36.6 Å². The van der Waals surface area contributed by atoms with Crippen molar-refractivity contribution < 1.29 is 19.4 Å². The first-order valence-corrected chi connectivity index (χ1v) is 12.5. The number of nitrogens with one attached hydrogen (secondary N) is 2. The molecule has 0 bridgehead atoms. The molecule has 1 saturated heterocycles. The summed E-state index contributed by atoms with van der Waals surface area (Å²) in [6.45, 7) is 6.57. The summed E-state index contributed by atoms with van der Waals surface area (Å²) in [5, 5.41) is 16.0. The number of carbonyl (C=O) groups excluding carboxylic acids is 1. The summed E-state index contributed by atoms with van der Waals surface area (Å²) in [6, 6.07) is 9.40. The van der Waals surface area contributed by atoms with Gasteiger partial charge in [-0.3, -0.25) is 10.1 Å². The topological polar surface area (TPSA) is 117 Å². The summed E-state index contributed by atoms with van der Waals surface area (Å²) >= 11 is 1.22. The van der Waals surface area contributed by atoms with Crippen LogP contribution in [0.25, 0.3) is 0 Å². The minimum atomic E-state index is -1.14. The summed E-state index contributed by atoms with van der Waals surface area (Å²) in [5.74, 6) is 0.983. The molecule has 3 aromatic rings. The number of aromatic nitrogens is 2. The van der Waals surface area contributed by atoms with Crippen molar-refractivity contribution in [2.45, 2.75) is 33.1 Å². The van der Waals surface area contributed by atoms with Crippen molar-refractivity contribution in [1.82, 2.24) is 9.97 Å². The molecule has 9 nitrogen and oxygen atoms in total. The monoisotopic (exact) mass is 495 g/mol. The molecule has 184 valence electrons. The molecule has 3 heterocycles. The first-order valence-electron chi connectivity index (χ1n) is 11.6. The van der Waals surface area contributed by atoms with Gasteiger partial charge in [0.25, 0.3) is 5.91 Å². The van der Waals surface area contributed by atoms with Gasteiger partial charge in [-0.25, -0.2) is 14.8 Å². The van der Waals surface area contributed by atoms with Gasteiger partial charge in [0.15, 0.2) is 5.13 Å². The molecule has 0 aliphatic carbocycles. The number of carboxylic acid groups (broad SMARTS) is 1. The SMILES string of the molecule is Cc1ccc(C(=O)Nc2ccc(OCCc3csc(NC(=O)O)n3)nc2)c(N2CCC(C)CC2)c1. The Morgan fingerprint density at radius 1 is 1.20 bits per heavy atom. The lowest BCUT2D eigenvalue weighted by atomic mass is 9.97. The first-order chi connectivity index (χ1) is 16.9. The van der Waals surface area contributed by atoms with Crippen LogP contribution in [0, 0.1) is 12.8 Å². The largest absolute Gasteiger partial charge is 0.477 e. The van der Waals surface area contributed by atoms with Gasteiger partial charge in [0.05, 0.1) is 29.7 Å². The average molecular weight is 496 g/mol. The third-order valence-corrected chi connectivity index (χ3v) is 6.70. The van der Waals surface area contributed by atoms with E-state index in [0.29, 0.717) is 41.2 Å². The molecule has 10 heteroatoms. The third kappa shape index (κ3) is 6.69. The molecule has 0 unspecified atom stereocenters. The normalized spacial score (nSPS) is 13.9. The van der Waals surface area contributed by atoms with Crippen molar-refractivity contribution in [3.8, 4) is 5.88 Å². The van der Waals surface area contributed by atoms with Crippen LogP contribution in [0.1, 0.15) is 41.4 Å². The number of amides is 2. The molecule has 1 aliphatic rings. The van der Waals surface area contributed by atoms with Crippen molar-refractivity contribution in [2.75, 3.05) is 35.2 Å². The minimum absolute atomic E-state index is 0.164. The highest BCUT2D eigenvalue weighted by Gasteiger charge is 2.21. The van der Waals surface area contributed by atoms with E-state index in [-0.39, 0.29) is 5.91 Å². The van der Waals surface area contributed by atoms with Crippen molar-refractivity contribution in [3.63, 3.8) is 0 Å². The van der Waals surface area contributed by atoms with E-state index in [4.69, 9.17) is 9.84 Å². The fourth-order valence-electron chi connectivity index (χ4n) is 3.91. The summed E-state index contributed by atoms with van der Waals surface area (Å²) in [7, 11) is 0. The average Bonchev–Trinajstić information content (AvgIpc) is 3.27. The molecule has 2 aromatic heterocycles. The summed E-state index contributed by atoms with van der Waals surface area (Å²) in [4.78, 5) is 34.5. The maximum absolute atomic E-state index is 13.1. The highest BCUT2D eigenvalue weighted by molar-refractivity contribution is 7.13. The van der Waals surface area contributed by atoms with Crippen molar-refractivity contribution in [2.24, 2.45) is 5.92 Å². The van der Waals surface area contributed by atoms with Crippen LogP contribution in [0.4, 0.5) is 21.3 Å². The van der Waals surface area contributed by atoms with Crippen LogP contribution < -0.4 is 20.3 Å². The number of pyridine rings is 1. The number of aryl methyl sites for hydroxylation is 1. The van der Waals surface area contributed by atoms with Gasteiger partial charge in [-0.15, -0.1) is 11.3 Å². The molecule has 1 aromatic carbocycles. The highest BCUT2D eigenvalue weighted by Crippen LogP contribution is 2.28. The Morgan fingerprint density at radius 3 is 2.71 bits per heavy atom. The second-order valence-corrected chi connectivity index (χ2v) is 9.56. The number of benzene rings is 1. The molecule has 1 aliphatic heterocycles. The Bertz CT molecular complexity index is 1170. The van der Waals surface area contributed by atoms with Crippen molar-refractivity contribution >= 4 is 39.8 Å². The molecule has 2 amide bonds. The Balaban J connectivity index is 1.33. The third-order valence-electron chi connectivity index (χ3n) is 5.89. The number of piperidine rings is 1. The zero-order valence-electron chi connectivity index (χ0n) is 19.8. The van der Waals surface area contributed by atoms with E-state index in [1.807, 2.05) is 19.1 Å². The molecule has 1 fully saturated rings. The molecular weight excluding hydrogens is 466 g/mol. The molecule has 35 heavy (non-hydrogen) atoms. The van der Waals surface area contributed by atoms with Crippen LogP contribution >= 0.6 is 11.3 Å². The van der Waals surface area contributed by atoms with Gasteiger partial charge in [0.1, 0.15) is 0 Å². The van der Waals surface area contributed by atoms with Gasteiger partial charge in [-0.05, 0) is 49.4 Å². The summed E-state index contributed by atoms with van der Waals surface area (Å²) in [6.07, 6.45) is 3.20. The van der Waals surface area contributed by atoms with E-state index in [2.05, 4.69) is 38.5 Å². The number of anilines is 3. The van der Waals surface area contributed by atoms with Crippen LogP contribution in [-0.4, -0.2) is 46.8 Å². The Kier molecular flexibility index (Phi) is 7.81. The number of nitrogens with zero attached hydrogens (tertiary/aromatic N) is 3. The number of carbonyl (C=O) groups is 2. The summed E-state index contributed by atoms with van der Waals surface area (Å²) < 4.78 is 5.66. The predicted octanol–water partition coefficient (Wildman–Crippen LogP) is 5.05. The molecule has 0 saturated carbocycles. The second kappa shape index (κ2) is 11.2. The predicted molar refractivity (Wildman–Crippen MR) is 137 cm³/mol. The number of ether oxygens (including phenoxy) is 1. The Morgan fingerprint density at radius 2 is 2.00 bits per heavy atom. The minimum Gasteiger partial charge on any atom is -0.477 e. The summed E-state index contributed by atoms with van der Waals surface area (Å²) in [5.41, 5.74) is 4.09. The van der Waals surface area contributed by atoms with Crippen LogP contribution in [0.5, 0.6) is 5.88 Å². The van der Waals surface area contributed by atoms with Gasteiger partial charge >= 0.3 is 6.09 Å². The van der Waals surface area contributed by atoms with Gasteiger partial charge in [-0.2, -0.15) is 0 Å². The van der Waals surface area contributed by atoms with Crippen LogP contribution in [0.3, 0.4) is 0 Å². The van der Waals surface area contributed by atoms with E-state index in [1.165, 1.54) is 11.3 Å². The fourth-order valence-corrected chi connectivity index (χ4v) is 4.65. The number of thiazole rings is 1. The first kappa shape index (κ1) is 24.5. The highest BCUT2D eigenvalue weighted by atomic mass is 32.1. The van der Waals surface area contributed by atoms with E-state index < -0.39 is 6.09 Å². The lowest BCUT2D eigenvalue weighted by molar-refractivity contribution is 0.102.